The molecule has 204 valence electrons. The Morgan fingerprint density at radius 3 is 2.40 bits per heavy atom. The number of amides is 1. The number of nitrogens with one attached hydrogen (secondary N) is 1. The molecular formula is C30H24F3N3O4. The van der Waals surface area contributed by atoms with Gasteiger partial charge in [0, 0.05) is 48.1 Å². The van der Waals surface area contributed by atoms with Crippen molar-refractivity contribution in [3.05, 3.63) is 136 Å². The highest BCUT2D eigenvalue weighted by Gasteiger charge is 2.31. The first kappa shape index (κ1) is 26.7. The molecule has 7 nitrogen and oxygen atoms in total. The van der Waals surface area contributed by atoms with Gasteiger partial charge in [-0.15, -0.1) is 0 Å². The molecule has 0 aliphatic carbocycles. The molecule has 0 radical (unpaired) electrons. The molecule has 0 bridgehead atoms. The van der Waals surface area contributed by atoms with Crippen LogP contribution in [0.15, 0.2) is 102 Å². The van der Waals surface area contributed by atoms with E-state index in [9.17, 15) is 28.1 Å². The third kappa shape index (κ3) is 5.90. The van der Waals surface area contributed by atoms with Gasteiger partial charge in [0.25, 0.3) is 5.69 Å². The highest BCUT2D eigenvalue weighted by molar-refractivity contribution is 5.88. The Bertz CT molecular complexity index is 1630. The first-order valence-electron chi connectivity index (χ1n) is 12.5. The minimum absolute atomic E-state index is 0.0980. The maximum Gasteiger partial charge on any atom is 0.416 e. The molecule has 3 aromatic carbocycles. The number of hydrogen-bond donors (Lipinski definition) is 1. The number of benzene rings is 3. The number of nitrogens with zero attached hydrogens (tertiary/aromatic N) is 2. The fraction of sp³-hybridized carbons (Fsp3) is 0.167. The maximum atomic E-state index is 13.3. The number of nitro groups is 1. The normalized spacial score (nSPS) is 12.4. The summed E-state index contributed by atoms with van der Waals surface area (Å²) in [5.74, 6) is -0.481. The van der Waals surface area contributed by atoms with Crippen molar-refractivity contribution in [3.63, 3.8) is 0 Å². The fourth-order valence-electron chi connectivity index (χ4n) is 4.78. The lowest BCUT2D eigenvalue weighted by Crippen LogP contribution is -2.24. The number of carbonyl (C=O) groups excluding carboxylic acids is 1. The zero-order valence-corrected chi connectivity index (χ0v) is 21.1. The number of non-ortho nitro benzene ring substituents is 1. The number of furan rings is 1. The zero-order valence-electron chi connectivity index (χ0n) is 21.1. The van der Waals surface area contributed by atoms with Crippen LogP contribution in [-0.2, 0) is 24.1 Å². The molecule has 0 spiro atoms. The van der Waals surface area contributed by atoms with Gasteiger partial charge in [-0.2, -0.15) is 13.2 Å². The van der Waals surface area contributed by atoms with Crippen LogP contribution in [0.5, 0.6) is 0 Å². The SMILES string of the molecule is O=C(C[C@H](c1ccc(C(F)(F)F)cc1)c1cn(Cc2ccccc2)c2ccc([N+](=O)[O-])cc12)NCc1ccco1. The number of fused-ring (bicyclic) bond motifs is 1. The molecule has 0 aliphatic rings. The van der Waals surface area contributed by atoms with E-state index in [0.717, 1.165) is 17.7 Å². The van der Waals surface area contributed by atoms with Crippen LogP contribution in [-0.4, -0.2) is 15.4 Å². The molecule has 5 rings (SSSR count). The number of halogens is 3. The van der Waals surface area contributed by atoms with E-state index in [0.29, 0.717) is 34.3 Å². The van der Waals surface area contributed by atoms with Gasteiger partial charge in [0.2, 0.25) is 5.91 Å². The van der Waals surface area contributed by atoms with Crippen molar-refractivity contribution >= 4 is 22.5 Å². The molecule has 0 saturated heterocycles. The van der Waals surface area contributed by atoms with E-state index in [-0.39, 0.29) is 24.6 Å². The van der Waals surface area contributed by atoms with Crippen LogP contribution in [0.3, 0.4) is 0 Å². The fourth-order valence-corrected chi connectivity index (χ4v) is 4.78. The molecule has 10 heteroatoms. The summed E-state index contributed by atoms with van der Waals surface area (Å²) in [6.45, 7) is 0.604. The topological polar surface area (TPSA) is 90.3 Å². The molecular weight excluding hydrogens is 523 g/mol. The van der Waals surface area contributed by atoms with Gasteiger partial charge >= 0.3 is 6.18 Å². The Morgan fingerprint density at radius 2 is 1.75 bits per heavy atom. The van der Waals surface area contributed by atoms with Gasteiger partial charge in [-0.25, -0.2) is 0 Å². The van der Waals surface area contributed by atoms with Crippen LogP contribution in [0.4, 0.5) is 18.9 Å². The predicted octanol–water partition coefficient (Wildman–Crippen LogP) is 7.05. The molecule has 0 aliphatic heterocycles. The lowest BCUT2D eigenvalue weighted by molar-refractivity contribution is -0.384. The van der Waals surface area contributed by atoms with Crippen molar-refractivity contribution in [1.29, 1.82) is 0 Å². The highest BCUT2D eigenvalue weighted by Crippen LogP contribution is 2.38. The van der Waals surface area contributed by atoms with Crippen LogP contribution in [0.25, 0.3) is 10.9 Å². The first-order valence-corrected chi connectivity index (χ1v) is 12.5. The van der Waals surface area contributed by atoms with Crippen LogP contribution in [0, 0.1) is 10.1 Å². The van der Waals surface area contributed by atoms with Gasteiger partial charge in [-0.05, 0) is 47.0 Å². The van der Waals surface area contributed by atoms with Gasteiger partial charge in [-0.1, -0.05) is 42.5 Å². The van der Waals surface area contributed by atoms with E-state index in [1.54, 1.807) is 18.2 Å². The van der Waals surface area contributed by atoms with Crippen molar-refractivity contribution in [2.24, 2.45) is 0 Å². The number of carbonyl (C=O) groups is 1. The minimum atomic E-state index is -4.51. The summed E-state index contributed by atoms with van der Waals surface area (Å²) in [7, 11) is 0. The Hall–Kier alpha value is -4.86. The number of hydrogen-bond acceptors (Lipinski definition) is 4. The molecule has 40 heavy (non-hydrogen) atoms. The van der Waals surface area contributed by atoms with Crippen molar-refractivity contribution in [2.45, 2.75) is 31.6 Å². The van der Waals surface area contributed by atoms with Crippen molar-refractivity contribution < 1.29 is 27.3 Å². The van der Waals surface area contributed by atoms with Gasteiger partial charge in [-0.3, -0.25) is 14.9 Å². The molecule has 5 aromatic rings. The average Bonchev–Trinajstić information content (AvgIpc) is 3.59. The van der Waals surface area contributed by atoms with Crippen molar-refractivity contribution in [3.8, 4) is 0 Å². The first-order chi connectivity index (χ1) is 19.2. The van der Waals surface area contributed by atoms with Crippen LogP contribution >= 0.6 is 0 Å². The number of aromatic nitrogens is 1. The van der Waals surface area contributed by atoms with Crippen LogP contribution in [0.2, 0.25) is 0 Å². The smallest absolute Gasteiger partial charge is 0.416 e. The molecule has 1 N–H and O–H groups in total. The van der Waals surface area contributed by atoms with Crippen LogP contribution in [0.1, 0.15) is 40.4 Å². The summed E-state index contributed by atoms with van der Waals surface area (Å²) in [5.41, 5.74) is 1.84. The summed E-state index contributed by atoms with van der Waals surface area (Å²) in [6, 6.07) is 22.2. The second-order valence-electron chi connectivity index (χ2n) is 9.39. The Balaban J connectivity index is 1.59. The third-order valence-corrected chi connectivity index (χ3v) is 6.75. The van der Waals surface area contributed by atoms with Crippen molar-refractivity contribution in [2.75, 3.05) is 0 Å². The average molecular weight is 548 g/mol. The summed E-state index contributed by atoms with van der Waals surface area (Å²) < 4.78 is 47.1. The van der Waals surface area contributed by atoms with E-state index >= 15 is 0 Å². The monoisotopic (exact) mass is 547 g/mol. The lowest BCUT2D eigenvalue weighted by Gasteiger charge is -2.18. The summed E-state index contributed by atoms with van der Waals surface area (Å²) >= 11 is 0. The van der Waals surface area contributed by atoms with Gasteiger partial charge in [0.05, 0.1) is 23.3 Å². The molecule has 0 fully saturated rings. The molecule has 2 aromatic heterocycles. The summed E-state index contributed by atoms with van der Waals surface area (Å²) in [4.78, 5) is 24.2. The van der Waals surface area contributed by atoms with E-state index in [2.05, 4.69) is 5.32 Å². The quantitative estimate of drug-likeness (QED) is 0.158. The lowest BCUT2D eigenvalue weighted by atomic mass is 9.87. The minimum Gasteiger partial charge on any atom is -0.467 e. The number of alkyl halides is 3. The molecule has 1 amide bonds. The Labute approximate surface area is 227 Å². The number of rotatable bonds is 9. The van der Waals surface area contributed by atoms with E-state index in [1.165, 1.54) is 30.5 Å². The predicted molar refractivity (Wildman–Crippen MR) is 143 cm³/mol. The Kier molecular flexibility index (Phi) is 7.41. The molecule has 2 heterocycles. The van der Waals surface area contributed by atoms with Gasteiger partial charge in [0.1, 0.15) is 5.76 Å². The third-order valence-electron chi connectivity index (χ3n) is 6.75. The van der Waals surface area contributed by atoms with Crippen molar-refractivity contribution in [1.82, 2.24) is 9.88 Å². The highest BCUT2D eigenvalue weighted by atomic mass is 19.4. The van der Waals surface area contributed by atoms with Crippen LogP contribution < -0.4 is 5.32 Å². The molecule has 1 atom stereocenters. The zero-order chi connectivity index (χ0) is 28.3. The summed E-state index contributed by atoms with van der Waals surface area (Å²) in [5, 5.41) is 15.0. The standard InChI is InChI=1S/C30H24F3N3O4/c31-30(32,33)22-10-8-21(9-11-22)25(16-29(37)34-17-24-7-4-14-40-24)27-19-35(18-20-5-2-1-3-6-20)28-13-12-23(36(38)39)15-26(27)28/h1-15,19,25H,16-18H2,(H,34,37)/t25-/m1/s1. The molecule has 0 unspecified atom stereocenters. The summed E-state index contributed by atoms with van der Waals surface area (Å²) in [6.07, 6.45) is -1.30. The Morgan fingerprint density at radius 1 is 1.00 bits per heavy atom. The number of nitro benzene ring substituents is 1. The second-order valence-corrected chi connectivity index (χ2v) is 9.39. The van der Waals surface area contributed by atoms with E-state index < -0.39 is 22.6 Å². The van der Waals surface area contributed by atoms with E-state index in [4.69, 9.17) is 4.42 Å². The molecule has 0 saturated carbocycles. The van der Waals surface area contributed by atoms with E-state index in [1.807, 2.05) is 41.1 Å². The largest absolute Gasteiger partial charge is 0.467 e. The van der Waals surface area contributed by atoms with Gasteiger partial charge < -0.3 is 14.3 Å². The maximum absolute atomic E-state index is 13.3. The second kappa shape index (κ2) is 11.1. The van der Waals surface area contributed by atoms with Gasteiger partial charge in [0.15, 0.2) is 0 Å².